The molecule has 3 nitrogen and oxygen atoms in total. The van der Waals surface area contributed by atoms with Crippen LogP contribution in [0.4, 0.5) is 5.69 Å². The fraction of sp³-hybridized carbons (Fsp3) is 0.571. The zero-order chi connectivity index (χ0) is 13.0. The molecule has 0 bridgehead atoms. The van der Waals surface area contributed by atoms with Crippen LogP contribution in [0, 0.1) is 5.92 Å². The van der Waals surface area contributed by atoms with Crippen molar-refractivity contribution in [1.29, 1.82) is 0 Å². The maximum absolute atomic E-state index is 6.01. The Balaban J connectivity index is 1.87. The van der Waals surface area contributed by atoms with E-state index in [1.165, 1.54) is 18.4 Å². The minimum atomic E-state index is 0.653. The smallest absolute Gasteiger partial charge is 0.0506 e. The number of hydrogen-bond donors (Lipinski definition) is 1. The maximum Gasteiger partial charge on any atom is 0.0506 e. The van der Waals surface area contributed by atoms with Crippen LogP contribution < -0.4 is 5.73 Å². The first-order valence-corrected chi connectivity index (χ1v) is 6.82. The van der Waals surface area contributed by atoms with Gasteiger partial charge in [-0.15, -0.1) is 0 Å². The van der Waals surface area contributed by atoms with Gasteiger partial charge in [-0.25, -0.2) is 0 Å². The first kappa shape index (κ1) is 13.7. The van der Waals surface area contributed by atoms with E-state index in [4.69, 9.17) is 22.1 Å². The van der Waals surface area contributed by atoms with E-state index in [1.807, 2.05) is 12.1 Å². The number of nitrogens with zero attached hydrogens (tertiary/aromatic N) is 1. The Morgan fingerprint density at radius 2 is 2.28 bits per heavy atom. The Kier molecular flexibility index (Phi) is 4.87. The summed E-state index contributed by atoms with van der Waals surface area (Å²) in [5.41, 5.74) is 7.69. The standard InChI is InChI=1S/C14H21ClN2O/c1-17(8-11-3-2-4-18-10-11)9-12-5-13(15)7-14(16)6-12/h5-7,11H,2-4,8-10,16H2,1H3. The summed E-state index contributed by atoms with van der Waals surface area (Å²) in [6.07, 6.45) is 2.45. The van der Waals surface area contributed by atoms with Crippen LogP contribution in [0.5, 0.6) is 0 Å². The Labute approximate surface area is 114 Å². The normalized spacial score (nSPS) is 20.3. The molecule has 18 heavy (non-hydrogen) atoms. The average Bonchev–Trinajstić information content (AvgIpc) is 2.28. The summed E-state index contributed by atoms with van der Waals surface area (Å²) in [7, 11) is 2.13. The Morgan fingerprint density at radius 1 is 1.44 bits per heavy atom. The van der Waals surface area contributed by atoms with Gasteiger partial charge in [0.15, 0.2) is 0 Å². The van der Waals surface area contributed by atoms with Gasteiger partial charge in [-0.2, -0.15) is 0 Å². The van der Waals surface area contributed by atoms with E-state index >= 15 is 0 Å². The highest BCUT2D eigenvalue weighted by Gasteiger charge is 2.16. The van der Waals surface area contributed by atoms with Crippen molar-refractivity contribution in [2.75, 3.05) is 32.5 Å². The van der Waals surface area contributed by atoms with Crippen molar-refractivity contribution in [3.63, 3.8) is 0 Å². The van der Waals surface area contributed by atoms with Crippen molar-refractivity contribution >= 4 is 17.3 Å². The number of nitrogens with two attached hydrogens (primary N) is 1. The predicted molar refractivity (Wildman–Crippen MR) is 75.7 cm³/mol. The van der Waals surface area contributed by atoms with E-state index in [-0.39, 0.29) is 0 Å². The molecule has 1 aromatic rings. The topological polar surface area (TPSA) is 38.5 Å². The molecular formula is C14H21ClN2O. The molecule has 1 unspecified atom stereocenters. The SMILES string of the molecule is CN(Cc1cc(N)cc(Cl)c1)CC1CCCOC1. The van der Waals surface area contributed by atoms with Crippen LogP contribution in [0.25, 0.3) is 0 Å². The van der Waals surface area contributed by atoms with Crippen molar-refractivity contribution in [2.24, 2.45) is 5.92 Å². The molecule has 1 aliphatic heterocycles. The lowest BCUT2D eigenvalue weighted by Gasteiger charge is -2.27. The van der Waals surface area contributed by atoms with Crippen molar-refractivity contribution in [3.05, 3.63) is 28.8 Å². The summed E-state index contributed by atoms with van der Waals surface area (Å²) >= 11 is 6.01. The van der Waals surface area contributed by atoms with Gasteiger partial charge >= 0.3 is 0 Å². The highest BCUT2D eigenvalue weighted by molar-refractivity contribution is 6.30. The molecule has 1 fully saturated rings. The molecule has 1 atom stereocenters. The molecule has 0 aliphatic carbocycles. The van der Waals surface area contributed by atoms with Gasteiger partial charge < -0.3 is 15.4 Å². The van der Waals surface area contributed by atoms with Gasteiger partial charge in [0, 0.05) is 30.4 Å². The summed E-state index contributed by atoms with van der Waals surface area (Å²) in [5.74, 6) is 0.653. The number of rotatable bonds is 4. The predicted octanol–water partition coefficient (Wildman–Crippen LogP) is 2.78. The highest BCUT2D eigenvalue weighted by Crippen LogP contribution is 2.19. The third-order valence-corrected chi connectivity index (χ3v) is 3.48. The fourth-order valence-electron chi connectivity index (χ4n) is 2.54. The summed E-state index contributed by atoms with van der Waals surface area (Å²) in [6.45, 7) is 3.75. The lowest BCUT2D eigenvalue weighted by molar-refractivity contribution is 0.0411. The first-order valence-electron chi connectivity index (χ1n) is 6.45. The van der Waals surface area contributed by atoms with E-state index in [1.54, 1.807) is 6.07 Å². The summed E-state index contributed by atoms with van der Waals surface area (Å²) < 4.78 is 5.50. The van der Waals surface area contributed by atoms with Crippen LogP contribution in [0.3, 0.4) is 0 Å². The van der Waals surface area contributed by atoms with Crippen molar-refractivity contribution < 1.29 is 4.74 Å². The minimum absolute atomic E-state index is 0.653. The number of benzene rings is 1. The minimum Gasteiger partial charge on any atom is -0.399 e. The molecular weight excluding hydrogens is 248 g/mol. The largest absolute Gasteiger partial charge is 0.399 e. The number of anilines is 1. The van der Waals surface area contributed by atoms with Crippen molar-refractivity contribution in [2.45, 2.75) is 19.4 Å². The number of halogens is 1. The molecule has 0 amide bonds. The molecule has 2 N–H and O–H groups in total. The van der Waals surface area contributed by atoms with Crippen LogP contribution >= 0.6 is 11.6 Å². The van der Waals surface area contributed by atoms with Crippen molar-refractivity contribution in [3.8, 4) is 0 Å². The third kappa shape index (κ3) is 4.16. The zero-order valence-electron chi connectivity index (χ0n) is 10.9. The van der Waals surface area contributed by atoms with E-state index < -0.39 is 0 Å². The zero-order valence-corrected chi connectivity index (χ0v) is 11.6. The van der Waals surface area contributed by atoms with Gasteiger partial charge in [-0.05, 0) is 49.6 Å². The molecule has 1 saturated heterocycles. The van der Waals surface area contributed by atoms with Crippen LogP contribution in [0.15, 0.2) is 18.2 Å². The van der Waals surface area contributed by atoms with E-state index in [9.17, 15) is 0 Å². The van der Waals surface area contributed by atoms with E-state index in [0.29, 0.717) is 10.9 Å². The van der Waals surface area contributed by atoms with Crippen LogP contribution in [-0.4, -0.2) is 31.7 Å². The monoisotopic (exact) mass is 268 g/mol. The molecule has 0 spiro atoms. The molecule has 0 radical (unpaired) electrons. The van der Waals surface area contributed by atoms with Gasteiger partial charge in [0.05, 0.1) is 6.61 Å². The fourth-order valence-corrected chi connectivity index (χ4v) is 2.80. The third-order valence-electron chi connectivity index (χ3n) is 3.26. The van der Waals surface area contributed by atoms with Gasteiger partial charge in [0.2, 0.25) is 0 Å². The van der Waals surface area contributed by atoms with Gasteiger partial charge in [0.1, 0.15) is 0 Å². The summed E-state index contributed by atoms with van der Waals surface area (Å²) in [6, 6.07) is 5.74. The maximum atomic E-state index is 6.01. The lowest BCUT2D eigenvalue weighted by Crippen LogP contribution is -2.30. The van der Waals surface area contributed by atoms with Gasteiger partial charge in [-0.3, -0.25) is 0 Å². The Bertz CT molecular complexity index is 371. The molecule has 2 rings (SSSR count). The second-order valence-corrected chi connectivity index (χ2v) is 5.61. The molecule has 4 heteroatoms. The second-order valence-electron chi connectivity index (χ2n) is 5.17. The number of ether oxygens (including phenoxy) is 1. The van der Waals surface area contributed by atoms with Crippen molar-refractivity contribution in [1.82, 2.24) is 4.90 Å². The Morgan fingerprint density at radius 3 is 2.94 bits per heavy atom. The molecule has 1 heterocycles. The second kappa shape index (κ2) is 6.41. The molecule has 1 aliphatic rings. The van der Waals surface area contributed by atoms with Crippen LogP contribution in [0.2, 0.25) is 5.02 Å². The molecule has 0 aromatic heterocycles. The first-order chi connectivity index (χ1) is 8.63. The molecule has 0 saturated carbocycles. The molecule has 100 valence electrons. The summed E-state index contributed by atoms with van der Waals surface area (Å²) in [5, 5.41) is 0.708. The van der Waals surface area contributed by atoms with E-state index in [2.05, 4.69) is 11.9 Å². The highest BCUT2D eigenvalue weighted by atomic mass is 35.5. The quantitative estimate of drug-likeness (QED) is 0.854. The van der Waals surface area contributed by atoms with Crippen LogP contribution in [0.1, 0.15) is 18.4 Å². The average molecular weight is 269 g/mol. The van der Waals surface area contributed by atoms with E-state index in [0.717, 1.165) is 32.0 Å². The Hall–Kier alpha value is -0.770. The number of hydrogen-bond acceptors (Lipinski definition) is 3. The van der Waals surface area contributed by atoms with Gasteiger partial charge in [-0.1, -0.05) is 11.6 Å². The van der Waals surface area contributed by atoms with Crippen LogP contribution in [-0.2, 0) is 11.3 Å². The van der Waals surface area contributed by atoms with Gasteiger partial charge in [0.25, 0.3) is 0 Å². The molecule has 1 aromatic carbocycles. The number of nitrogen functional groups attached to an aromatic ring is 1. The lowest BCUT2D eigenvalue weighted by atomic mass is 10.0. The summed E-state index contributed by atoms with van der Waals surface area (Å²) in [4.78, 5) is 2.31.